The van der Waals surface area contributed by atoms with E-state index in [4.69, 9.17) is 14.2 Å². The predicted octanol–water partition coefficient (Wildman–Crippen LogP) is 2.95. The number of hydrogen-bond acceptors (Lipinski definition) is 4. The molecule has 0 bridgehead atoms. The van der Waals surface area contributed by atoms with Crippen molar-refractivity contribution in [3.05, 3.63) is 23.8 Å². The highest BCUT2D eigenvalue weighted by atomic mass is 16.5. The van der Waals surface area contributed by atoms with E-state index < -0.39 is 6.10 Å². The maximum absolute atomic E-state index is 12.6. The van der Waals surface area contributed by atoms with Crippen LogP contribution >= 0.6 is 0 Å². The van der Waals surface area contributed by atoms with E-state index in [1.807, 2.05) is 20.8 Å². The lowest BCUT2D eigenvalue weighted by molar-refractivity contribution is 0.0277. The number of Topliss-reactive ketones (excluding diaryl/α,β-unsaturated/α-hetero) is 1. The molecule has 106 valence electrons. The molecule has 0 amide bonds. The van der Waals surface area contributed by atoms with Crippen LogP contribution in [0.2, 0.25) is 0 Å². The molecule has 4 heteroatoms. The molecule has 0 N–H and O–H groups in total. The van der Waals surface area contributed by atoms with Crippen LogP contribution in [0.3, 0.4) is 0 Å². The third-order valence-electron chi connectivity index (χ3n) is 2.88. The Balaban J connectivity index is 3.14. The molecule has 4 nitrogen and oxygen atoms in total. The van der Waals surface area contributed by atoms with Crippen molar-refractivity contribution < 1.29 is 19.0 Å². The minimum atomic E-state index is -0.467. The average Bonchev–Trinajstić information content (AvgIpc) is 2.42. The van der Waals surface area contributed by atoms with E-state index in [1.165, 1.54) is 0 Å². The van der Waals surface area contributed by atoms with Crippen molar-refractivity contribution in [2.45, 2.75) is 26.9 Å². The van der Waals surface area contributed by atoms with Crippen molar-refractivity contribution >= 4 is 5.78 Å². The van der Waals surface area contributed by atoms with Crippen molar-refractivity contribution in [1.82, 2.24) is 0 Å². The van der Waals surface area contributed by atoms with E-state index in [2.05, 4.69) is 0 Å². The van der Waals surface area contributed by atoms with Crippen LogP contribution in [0, 0.1) is 5.92 Å². The molecule has 0 saturated heterocycles. The number of carbonyl (C=O) groups excluding carboxylic acids is 1. The van der Waals surface area contributed by atoms with Gasteiger partial charge in [0.15, 0.2) is 5.78 Å². The quantitative estimate of drug-likeness (QED) is 0.712. The molecule has 19 heavy (non-hydrogen) atoms. The molecule has 0 heterocycles. The Hall–Kier alpha value is -1.55. The highest BCUT2D eigenvalue weighted by Gasteiger charge is 2.26. The SMILES string of the molecule is CCOC(C(=O)c1cc(OC)ccc1OC)C(C)C. The van der Waals surface area contributed by atoms with Crippen LogP contribution in [0.4, 0.5) is 0 Å². The van der Waals surface area contributed by atoms with E-state index in [1.54, 1.807) is 32.4 Å². The highest BCUT2D eigenvalue weighted by molar-refractivity contribution is 6.02. The van der Waals surface area contributed by atoms with Crippen LogP contribution in [0.25, 0.3) is 0 Å². The van der Waals surface area contributed by atoms with E-state index in [-0.39, 0.29) is 11.7 Å². The molecule has 0 aliphatic heterocycles. The molecule has 1 atom stereocenters. The topological polar surface area (TPSA) is 44.8 Å². The van der Waals surface area contributed by atoms with Crippen molar-refractivity contribution in [2.24, 2.45) is 5.92 Å². The van der Waals surface area contributed by atoms with Crippen LogP contribution in [0.15, 0.2) is 18.2 Å². The largest absolute Gasteiger partial charge is 0.497 e. The molecular formula is C15H22O4. The van der Waals surface area contributed by atoms with Gasteiger partial charge >= 0.3 is 0 Å². The molecule has 0 fully saturated rings. The van der Waals surface area contributed by atoms with Gasteiger partial charge in [-0.25, -0.2) is 0 Å². The average molecular weight is 266 g/mol. The van der Waals surface area contributed by atoms with Crippen LogP contribution < -0.4 is 9.47 Å². The first-order chi connectivity index (χ1) is 9.04. The molecule has 0 radical (unpaired) electrons. The Morgan fingerprint density at radius 3 is 2.37 bits per heavy atom. The molecule has 1 aromatic carbocycles. The van der Waals surface area contributed by atoms with Gasteiger partial charge in [-0.2, -0.15) is 0 Å². The lowest BCUT2D eigenvalue weighted by Gasteiger charge is -2.20. The molecule has 0 aliphatic carbocycles. The second-order valence-electron chi connectivity index (χ2n) is 4.55. The van der Waals surface area contributed by atoms with Gasteiger partial charge < -0.3 is 14.2 Å². The second kappa shape index (κ2) is 7.14. The van der Waals surface area contributed by atoms with Gasteiger partial charge in [0.1, 0.15) is 17.6 Å². The fourth-order valence-electron chi connectivity index (χ4n) is 1.91. The van der Waals surface area contributed by atoms with Crippen molar-refractivity contribution in [3.8, 4) is 11.5 Å². The Labute approximate surface area is 114 Å². The zero-order chi connectivity index (χ0) is 14.4. The van der Waals surface area contributed by atoms with Crippen molar-refractivity contribution in [2.75, 3.05) is 20.8 Å². The summed E-state index contributed by atoms with van der Waals surface area (Å²) in [7, 11) is 3.11. The standard InChI is InChI=1S/C15H22O4/c1-6-19-15(10(2)3)14(16)12-9-11(17-4)7-8-13(12)18-5/h7-10,15H,6H2,1-5H3. The number of rotatable bonds is 7. The summed E-state index contributed by atoms with van der Waals surface area (Å²) in [5.41, 5.74) is 0.494. The van der Waals surface area contributed by atoms with E-state index >= 15 is 0 Å². The molecule has 0 saturated carbocycles. The number of ketones is 1. The van der Waals surface area contributed by atoms with Gasteiger partial charge in [0.05, 0.1) is 19.8 Å². The first-order valence-corrected chi connectivity index (χ1v) is 6.43. The summed E-state index contributed by atoms with van der Waals surface area (Å²) in [5, 5.41) is 0. The van der Waals surface area contributed by atoms with Gasteiger partial charge in [-0.3, -0.25) is 4.79 Å². The Morgan fingerprint density at radius 1 is 1.21 bits per heavy atom. The van der Waals surface area contributed by atoms with Gasteiger partial charge in [0.2, 0.25) is 0 Å². The molecule has 0 spiro atoms. The van der Waals surface area contributed by atoms with Crippen molar-refractivity contribution in [3.63, 3.8) is 0 Å². The number of hydrogen-bond donors (Lipinski definition) is 0. The third kappa shape index (κ3) is 3.70. The summed E-state index contributed by atoms with van der Waals surface area (Å²) in [6.07, 6.45) is -0.467. The van der Waals surface area contributed by atoms with Crippen LogP contribution in [-0.2, 0) is 4.74 Å². The molecular weight excluding hydrogens is 244 g/mol. The van der Waals surface area contributed by atoms with Crippen LogP contribution in [-0.4, -0.2) is 32.7 Å². The summed E-state index contributed by atoms with van der Waals surface area (Å²) in [5.74, 6) is 1.19. The van der Waals surface area contributed by atoms with Gasteiger partial charge in [-0.1, -0.05) is 13.8 Å². The van der Waals surface area contributed by atoms with Gasteiger partial charge in [0, 0.05) is 6.61 Å². The second-order valence-corrected chi connectivity index (χ2v) is 4.55. The smallest absolute Gasteiger partial charge is 0.195 e. The molecule has 0 aromatic heterocycles. The molecule has 1 unspecified atom stereocenters. The minimum Gasteiger partial charge on any atom is -0.497 e. The lowest BCUT2D eigenvalue weighted by atomic mass is 9.96. The normalized spacial score (nSPS) is 12.3. The summed E-state index contributed by atoms with van der Waals surface area (Å²) in [4.78, 5) is 12.6. The molecule has 1 rings (SSSR count). The summed E-state index contributed by atoms with van der Waals surface area (Å²) in [6, 6.07) is 5.19. The fourth-order valence-corrected chi connectivity index (χ4v) is 1.91. The number of carbonyl (C=O) groups is 1. The first-order valence-electron chi connectivity index (χ1n) is 6.43. The zero-order valence-corrected chi connectivity index (χ0v) is 12.2. The van der Waals surface area contributed by atoms with Gasteiger partial charge in [0.25, 0.3) is 0 Å². The lowest BCUT2D eigenvalue weighted by Crippen LogP contribution is -2.30. The zero-order valence-electron chi connectivity index (χ0n) is 12.2. The molecule has 0 aliphatic rings. The summed E-state index contributed by atoms with van der Waals surface area (Å²) in [6.45, 7) is 6.31. The maximum atomic E-state index is 12.6. The number of methoxy groups -OCH3 is 2. The first kappa shape index (κ1) is 15.5. The Morgan fingerprint density at radius 2 is 1.89 bits per heavy atom. The van der Waals surface area contributed by atoms with E-state index in [9.17, 15) is 4.79 Å². The monoisotopic (exact) mass is 266 g/mol. The molecule has 1 aromatic rings. The predicted molar refractivity (Wildman–Crippen MR) is 74.1 cm³/mol. The number of ether oxygens (including phenoxy) is 3. The van der Waals surface area contributed by atoms with Crippen molar-refractivity contribution in [1.29, 1.82) is 0 Å². The van der Waals surface area contributed by atoms with Gasteiger partial charge in [-0.05, 0) is 31.0 Å². The Bertz CT molecular complexity index is 426. The fraction of sp³-hybridized carbons (Fsp3) is 0.533. The minimum absolute atomic E-state index is 0.0763. The maximum Gasteiger partial charge on any atom is 0.195 e. The van der Waals surface area contributed by atoms with Gasteiger partial charge in [-0.15, -0.1) is 0 Å². The summed E-state index contributed by atoms with van der Waals surface area (Å²) >= 11 is 0. The van der Waals surface area contributed by atoms with E-state index in [0.29, 0.717) is 23.7 Å². The van der Waals surface area contributed by atoms with Crippen LogP contribution in [0.1, 0.15) is 31.1 Å². The van der Waals surface area contributed by atoms with Crippen LogP contribution in [0.5, 0.6) is 11.5 Å². The van der Waals surface area contributed by atoms with E-state index in [0.717, 1.165) is 0 Å². The Kier molecular flexibility index (Phi) is 5.83. The number of benzene rings is 1. The third-order valence-corrected chi connectivity index (χ3v) is 2.88. The summed E-state index contributed by atoms with van der Waals surface area (Å²) < 4.78 is 15.9. The highest BCUT2D eigenvalue weighted by Crippen LogP contribution is 2.27.